The van der Waals surface area contributed by atoms with Gasteiger partial charge in [0.15, 0.2) is 0 Å². The van der Waals surface area contributed by atoms with Crippen LogP contribution < -0.4 is 5.32 Å². The van der Waals surface area contributed by atoms with Crippen molar-refractivity contribution in [3.05, 3.63) is 60.5 Å². The minimum Gasteiger partial charge on any atom is -0.349 e. The molecule has 0 aliphatic heterocycles. The molecule has 0 radical (unpaired) electrons. The van der Waals surface area contributed by atoms with Crippen LogP contribution in [-0.4, -0.2) is 31.7 Å². The van der Waals surface area contributed by atoms with Crippen LogP contribution in [0.1, 0.15) is 69.2 Å². The first-order valence-electron chi connectivity index (χ1n) is 12.4. The highest BCUT2D eigenvalue weighted by Gasteiger charge is 2.57. The minimum atomic E-state index is -0.00269. The summed E-state index contributed by atoms with van der Waals surface area (Å²) in [5.41, 5.74) is 4.02. The summed E-state index contributed by atoms with van der Waals surface area (Å²) < 4.78 is 2.00. The van der Waals surface area contributed by atoms with Crippen molar-refractivity contribution in [3.8, 4) is 0 Å². The van der Waals surface area contributed by atoms with Crippen LogP contribution in [0.15, 0.2) is 54.9 Å². The molecule has 6 rings (SSSR count). The molecule has 1 amide bonds. The number of aromatic nitrogens is 4. The molecule has 2 aromatic rings. The molecule has 172 valence electrons. The van der Waals surface area contributed by atoms with Gasteiger partial charge in [-0.3, -0.25) is 9.78 Å². The number of hydrogen-bond donors (Lipinski definition) is 1. The van der Waals surface area contributed by atoms with E-state index in [1.165, 1.54) is 18.5 Å². The standard InChI is InChI=1S/C27H33N5O/c1-26-11-9-20(31-25(33)18-4-3-13-28-15-18)14-19(26)5-6-21-22-7-8-24(32-17-29-16-30-32)27(22,2)12-10-23(21)26/h3-5,8,13,15-17,20-23H,6-7,9-12,14H2,1-2H3,(H,31,33)/t20-,21-,22-,23-,26-,27-/m0/s1. The highest BCUT2D eigenvalue weighted by Crippen LogP contribution is 2.65. The fourth-order valence-corrected chi connectivity index (χ4v) is 7.78. The van der Waals surface area contributed by atoms with E-state index in [1.54, 1.807) is 24.3 Å². The zero-order chi connectivity index (χ0) is 22.6. The van der Waals surface area contributed by atoms with E-state index in [0.29, 0.717) is 11.5 Å². The number of rotatable bonds is 3. The van der Waals surface area contributed by atoms with E-state index in [1.807, 2.05) is 23.1 Å². The van der Waals surface area contributed by atoms with Gasteiger partial charge in [-0.15, -0.1) is 0 Å². The lowest BCUT2D eigenvalue weighted by atomic mass is 9.47. The predicted octanol–water partition coefficient (Wildman–Crippen LogP) is 4.89. The Morgan fingerprint density at radius 2 is 1.97 bits per heavy atom. The number of fused-ring (bicyclic) bond motifs is 5. The molecule has 0 unspecified atom stereocenters. The van der Waals surface area contributed by atoms with E-state index < -0.39 is 0 Å². The maximum absolute atomic E-state index is 12.7. The van der Waals surface area contributed by atoms with Crippen molar-refractivity contribution in [1.29, 1.82) is 0 Å². The smallest absolute Gasteiger partial charge is 0.253 e. The van der Waals surface area contributed by atoms with Crippen LogP contribution in [-0.2, 0) is 0 Å². The quantitative estimate of drug-likeness (QED) is 0.686. The summed E-state index contributed by atoms with van der Waals surface area (Å²) in [5, 5.41) is 7.74. The van der Waals surface area contributed by atoms with Crippen molar-refractivity contribution in [2.24, 2.45) is 28.6 Å². The number of nitrogens with zero attached hydrogens (tertiary/aromatic N) is 4. The first-order valence-corrected chi connectivity index (χ1v) is 12.4. The molecule has 1 N–H and O–H groups in total. The monoisotopic (exact) mass is 443 g/mol. The Hall–Kier alpha value is -2.76. The Bertz CT molecular complexity index is 1110. The Morgan fingerprint density at radius 3 is 2.76 bits per heavy atom. The molecule has 6 atom stereocenters. The van der Waals surface area contributed by atoms with Crippen molar-refractivity contribution in [2.45, 2.75) is 64.8 Å². The molecular weight excluding hydrogens is 410 g/mol. The lowest BCUT2D eigenvalue weighted by Gasteiger charge is -2.57. The van der Waals surface area contributed by atoms with Crippen LogP contribution in [0.2, 0.25) is 0 Å². The van der Waals surface area contributed by atoms with Crippen LogP contribution in [0.4, 0.5) is 0 Å². The molecule has 0 saturated heterocycles. The van der Waals surface area contributed by atoms with Gasteiger partial charge < -0.3 is 5.32 Å². The molecule has 0 spiro atoms. The second-order valence-corrected chi connectivity index (χ2v) is 11.0. The third-order valence-corrected chi connectivity index (χ3v) is 9.57. The SMILES string of the molecule is C[C@]12CC[C@H](NC(=O)c3cccnc3)CC1=CC[C@@H]1[C@@H]2CC[C@]2(C)C(n3cncn3)=CC[C@@H]12. The van der Waals surface area contributed by atoms with Gasteiger partial charge in [-0.25, -0.2) is 9.67 Å². The molecule has 6 nitrogen and oxygen atoms in total. The molecule has 2 heterocycles. The van der Waals surface area contributed by atoms with Gasteiger partial charge in [0.2, 0.25) is 0 Å². The molecule has 2 saturated carbocycles. The Balaban J connectivity index is 1.20. The highest BCUT2D eigenvalue weighted by molar-refractivity contribution is 5.94. The summed E-state index contributed by atoms with van der Waals surface area (Å²) in [6.45, 7) is 4.97. The Labute approximate surface area is 195 Å². The van der Waals surface area contributed by atoms with Crippen molar-refractivity contribution < 1.29 is 4.79 Å². The number of carbonyl (C=O) groups is 1. The van der Waals surface area contributed by atoms with Gasteiger partial charge in [0.05, 0.1) is 5.56 Å². The molecule has 33 heavy (non-hydrogen) atoms. The van der Waals surface area contributed by atoms with E-state index in [4.69, 9.17) is 0 Å². The molecule has 6 heteroatoms. The van der Waals surface area contributed by atoms with Gasteiger partial charge in [0.25, 0.3) is 5.91 Å². The fourth-order valence-electron chi connectivity index (χ4n) is 7.78. The lowest BCUT2D eigenvalue weighted by Crippen LogP contribution is -2.51. The van der Waals surface area contributed by atoms with Crippen LogP contribution in [0, 0.1) is 28.6 Å². The van der Waals surface area contributed by atoms with Crippen LogP contribution >= 0.6 is 0 Å². The fraction of sp³-hybridized carbons (Fsp3) is 0.556. The Kier molecular flexibility index (Phi) is 4.82. The van der Waals surface area contributed by atoms with E-state index >= 15 is 0 Å². The number of amides is 1. The number of nitrogens with one attached hydrogen (secondary N) is 1. The maximum atomic E-state index is 12.7. The summed E-state index contributed by atoms with van der Waals surface area (Å²) in [4.78, 5) is 21.0. The number of hydrogen-bond acceptors (Lipinski definition) is 4. The van der Waals surface area contributed by atoms with Gasteiger partial charge in [-0.2, -0.15) is 5.10 Å². The summed E-state index contributed by atoms with van der Waals surface area (Å²) in [5.74, 6) is 2.12. The van der Waals surface area contributed by atoms with Gasteiger partial charge >= 0.3 is 0 Å². The van der Waals surface area contributed by atoms with Gasteiger partial charge in [-0.05, 0) is 80.2 Å². The molecular formula is C27H33N5O. The second kappa shape index (κ2) is 7.64. The summed E-state index contributed by atoms with van der Waals surface area (Å²) in [6.07, 6.45) is 19.8. The summed E-state index contributed by atoms with van der Waals surface area (Å²) >= 11 is 0. The van der Waals surface area contributed by atoms with E-state index in [-0.39, 0.29) is 22.8 Å². The van der Waals surface area contributed by atoms with Crippen LogP contribution in [0.5, 0.6) is 0 Å². The first kappa shape index (κ1) is 20.8. The number of carbonyl (C=O) groups excluding carboxylic acids is 1. The average molecular weight is 444 g/mol. The van der Waals surface area contributed by atoms with Crippen LogP contribution in [0.25, 0.3) is 5.70 Å². The van der Waals surface area contributed by atoms with Gasteiger partial charge in [-0.1, -0.05) is 31.6 Å². The van der Waals surface area contributed by atoms with E-state index in [0.717, 1.165) is 43.9 Å². The molecule has 2 fully saturated rings. The number of allylic oxidation sites excluding steroid dienone is 3. The average Bonchev–Trinajstić information content (AvgIpc) is 3.47. The Morgan fingerprint density at radius 1 is 1.09 bits per heavy atom. The normalized spacial score (nSPS) is 37.3. The largest absolute Gasteiger partial charge is 0.349 e. The molecule has 0 bridgehead atoms. The first-order chi connectivity index (χ1) is 16.0. The van der Waals surface area contributed by atoms with Gasteiger partial charge in [0, 0.05) is 29.5 Å². The number of pyridine rings is 1. The lowest BCUT2D eigenvalue weighted by molar-refractivity contribution is -0.0139. The highest BCUT2D eigenvalue weighted by atomic mass is 16.1. The van der Waals surface area contributed by atoms with Crippen molar-refractivity contribution >= 4 is 11.6 Å². The molecule has 4 aliphatic carbocycles. The van der Waals surface area contributed by atoms with E-state index in [9.17, 15) is 4.79 Å². The van der Waals surface area contributed by atoms with Crippen LogP contribution in [0.3, 0.4) is 0 Å². The molecule has 0 aromatic carbocycles. The predicted molar refractivity (Wildman–Crippen MR) is 127 cm³/mol. The second-order valence-electron chi connectivity index (χ2n) is 11.0. The maximum Gasteiger partial charge on any atom is 0.253 e. The summed E-state index contributed by atoms with van der Waals surface area (Å²) in [7, 11) is 0. The summed E-state index contributed by atoms with van der Waals surface area (Å²) in [6, 6.07) is 3.87. The van der Waals surface area contributed by atoms with Gasteiger partial charge in [0.1, 0.15) is 12.7 Å². The zero-order valence-electron chi connectivity index (χ0n) is 19.6. The minimum absolute atomic E-state index is 0.00269. The molecule has 2 aromatic heterocycles. The topological polar surface area (TPSA) is 72.7 Å². The van der Waals surface area contributed by atoms with Crippen molar-refractivity contribution in [1.82, 2.24) is 25.1 Å². The van der Waals surface area contributed by atoms with E-state index in [2.05, 4.69) is 46.4 Å². The molecule has 4 aliphatic rings. The third-order valence-electron chi connectivity index (χ3n) is 9.57. The van der Waals surface area contributed by atoms with Crippen molar-refractivity contribution in [2.75, 3.05) is 0 Å². The zero-order valence-corrected chi connectivity index (χ0v) is 19.6. The van der Waals surface area contributed by atoms with Crippen molar-refractivity contribution in [3.63, 3.8) is 0 Å². The third kappa shape index (κ3) is 3.21.